The number of anilines is 2. The fraction of sp³-hybridized carbons (Fsp3) is 0.400. The lowest BCUT2D eigenvalue weighted by atomic mass is 10.0. The highest BCUT2D eigenvalue weighted by Gasteiger charge is 2.26. The maximum Gasteiger partial charge on any atom is 0.308 e. The highest BCUT2D eigenvalue weighted by molar-refractivity contribution is 5.93. The van der Waals surface area contributed by atoms with Crippen molar-refractivity contribution < 1.29 is 19.8 Å². The van der Waals surface area contributed by atoms with E-state index < -0.39 is 17.8 Å². The lowest BCUT2D eigenvalue weighted by Crippen LogP contribution is -2.38. The highest BCUT2D eigenvalue weighted by atomic mass is 16.4. The molecule has 1 aromatic heterocycles. The summed E-state index contributed by atoms with van der Waals surface area (Å²) in [4.78, 5) is 36.7. The predicted molar refractivity (Wildman–Crippen MR) is 108 cm³/mol. The number of hydrogen-bond donors (Lipinski definition) is 3. The molecule has 1 amide bonds. The van der Waals surface area contributed by atoms with Crippen molar-refractivity contribution in [3.63, 3.8) is 0 Å². The molecule has 0 aliphatic carbocycles. The number of hydrogen-bond acceptors (Lipinski definition) is 7. The zero-order valence-electron chi connectivity index (χ0n) is 16.1. The monoisotopic (exact) mass is 399 g/mol. The zero-order chi connectivity index (χ0) is 20.6. The molecule has 2 aromatic rings. The maximum atomic E-state index is 12.3. The van der Waals surface area contributed by atoms with Crippen LogP contribution in [0.1, 0.15) is 12.8 Å². The molecule has 1 fully saturated rings. The number of carbonyl (C=O) groups excluding carboxylic acids is 1. The van der Waals surface area contributed by atoms with Gasteiger partial charge in [0, 0.05) is 56.7 Å². The van der Waals surface area contributed by atoms with Crippen molar-refractivity contribution >= 4 is 23.5 Å². The number of nitrogens with one attached hydrogen (secondary N) is 1. The number of carboxylic acids is 1. The normalized spacial score (nSPS) is 16.1. The molecule has 1 atom stereocenters. The molecule has 1 aliphatic heterocycles. The van der Waals surface area contributed by atoms with E-state index in [9.17, 15) is 19.8 Å². The Hall–Kier alpha value is -3.20. The minimum atomic E-state index is -0.997. The quantitative estimate of drug-likeness (QED) is 0.640. The standard InChI is InChI=1S/C20H25N5O4/c26-17-5-1-4-16(13-17)23-18(27)12-15(19(28)29)14-24-8-3-9-25(11-10-24)20-21-6-2-7-22-20/h1-2,4-7,13,15,26H,3,8-12,14H2,(H,23,27)(H,28,29)/t15-/m0/s1. The Balaban J connectivity index is 1.54. The van der Waals surface area contributed by atoms with Gasteiger partial charge in [-0.3, -0.25) is 9.59 Å². The van der Waals surface area contributed by atoms with Crippen LogP contribution in [-0.4, -0.2) is 69.7 Å². The Morgan fingerprint density at radius 2 is 1.90 bits per heavy atom. The van der Waals surface area contributed by atoms with E-state index in [0.717, 1.165) is 19.5 Å². The average Bonchev–Trinajstić information content (AvgIpc) is 2.94. The first kappa shape index (κ1) is 20.5. The number of aromatic nitrogens is 2. The van der Waals surface area contributed by atoms with Gasteiger partial charge in [0.05, 0.1) is 5.92 Å². The summed E-state index contributed by atoms with van der Waals surface area (Å²) in [6.45, 7) is 3.23. The third kappa shape index (κ3) is 6.15. The van der Waals surface area contributed by atoms with Crippen LogP contribution in [0.2, 0.25) is 0 Å². The fourth-order valence-corrected chi connectivity index (χ4v) is 3.37. The molecule has 29 heavy (non-hydrogen) atoms. The summed E-state index contributed by atoms with van der Waals surface area (Å²) in [5, 5.41) is 21.7. The van der Waals surface area contributed by atoms with E-state index in [0.29, 0.717) is 31.3 Å². The lowest BCUT2D eigenvalue weighted by Gasteiger charge is -2.24. The van der Waals surface area contributed by atoms with Gasteiger partial charge in [-0.2, -0.15) is 0 Å². The second-order valence-corrected chi connectivity index (χ2v) is 7.03. The van der Waals surface area contributed by atoms with E-state index in [1.54, 1.807) is 30.6 Å². The molecule has 1 aromatic carbocycles. The van der Waals surface area contributed by atoms with Crippen LogP contribution >= 0.6 is 0 Å². The fourth-order valence-electron chi connectivity index (χ4n) is 3.37. The second-order valence-electron chi connectivity index (χ2n) is 7.03. The number of phenols is 1. The van der Waals surface area contributed by atoms with E-state index in [-0.39, 0.29) is 12.2 Å². The summed E-state index contributed by atoms with van der Waals surface area (Å²) in [6.07, 6.45) is 4.14. The summed E-state index contributed by atoms with van der Waals surface area (Å²) in [6, 6.07) is 7.94. The van der Waals surface area contributed by atoms with Crippen LogP contribution in [0.4, 0.5) is 11.6 Å². The first-order chi connectivity index (χ1) is 14.0. The Bertz CT molecular complexity index is 833. The Labute approximate surface area is 169 Å². The highest BCUT2D eigenvalue weighted by Crippen LogP contribution is 2.17. The van der Waals surface area contributed by atoms with Gasteiger partial charge in [0.1, 0.15) is 5.75 Å². The number of carbonyl (C=O) groups is 2. The molecule has 9 nitrogen and oxygen atoms in total. The first-order valence-electron chi connectivity index (χ1n) is 9.57. The van der Waals surface area contributed by atoms with Gasteiger partial charge in [-0.25, -0.2) is 9.97 Å². The number of carboxylic acid groups (broad SMARTS) is 1. The van der Waals surface area contributed by atoms with Gasteiger partial charge in [-0.05, 0) is 31.2 Å². The molecule has 0 unspecified atom stereocenters. The van der Waals surface area contributed by atoms with Crippen LogP contribution in [0.5, 0.6) is 5.75 Å². The molecule has 0 spiro atoms. The minimum Gasteiger partial charge on any atom is -0.508 e. The molecule has 0 bridgehead atoms. The number of amides is 1. The number of benzene rings is 1. The van der Waals surface area contributed by atoms with Gasteiger partial charge in [0.15, 0.2) is 0 Å². The van der Waals surface area contributed by atoms with E-state index in [2.05, 4.69) is 25.1 Å². The van der Waals surface area contributed by atoms with Crippen LogP contribution in [0, 0.1) is 5.92 Å². The molecule has 2 heterocycles. The average molecular weight is 399 g/mol. The van der Waals surface area contributed by atoms with Gasteiger partial charge in [-0.15, -0.1) is 0 Å². The van der Waals surface area contributed by atoms with Crippen molar-refractivity contribution in [3.05, 3.63) is 42.7 Å². The minimum absolute atomic E-state index is 0.0362. The molecule has 1 aliphatic rings. The molecule has 3 rings (SSSR count). The third-order valence-corrected chi connectivity index (χ3v) is 4.81. The number of nitrogens with zero attached hydrogens (tertiary/aromatic N) is 4. The number of aromatic hydroxyl groups is 1. The smallest absolute Gasteiger partial charge is 0.308 e. The summed E-state index contributed by atoms with van der Waals surface area (Å²) < 4.78 is 0. The Morgan fingerprint density at radius 1 is 1.10 bits per heavy atom. The summed E-state index contributed by atoms with van der Waals surface area (Å²) in [5.41, 5.74) is 0.437. The van der Waals surface area contributed by atoms with E-state index in [4.69, 9.17) is 0 Å². The lowest BCUT2D eigenvalue weighted by molar-refractivity contribution is -0.144. The first-order valence-corrected chi connectivity index (χ1v) is 9.57. The second kappa shape index (κ2) is 9.83. The largest absolute Gasteiger partial charge is 0.508 e. The van der Waals surface area contributed by atoms with Crippen LogP contribution < -0.4 is 10.2 Å². The number of aliphatic carboxylic acids is 1. The number of rotatable bonds is 7. The topological polar surface area (TPSA) is 119 Å². The van der Waals surface area contributed by atoms with Crippen molar-refractivity contribution in [2.75, 3.05) is 42.9 Å². The number of phenolic OH excluding ortho intramolecular Hbond substituents is 1. The molecule has 154 valence electrons. The van der Waals surface area contributed by atoms with E-state index in [1.165, 1.54) is 12.1 Å². The maximum absolute atomic E-state index is 12.3. The van der Waals surface area contributed by atoms with Gasteiger partial charge < -0.3 is 25.3 Å². The summed E-state index contributed by atoms with van der Waals surface area (Å²) >= 11 is 0. The molecule has 0 radical (unpaired) electrons. The van der Waals surface area contributed by atoms with Crippen LogP contribution in [0.15, 0.2) is 42.7 Å². The van der Waals surface area contributed by atoms with Crippen LogP contribution in [0.3, 0.4) is 0 Å². The van der Waals surface area contributed by atoms with Crippen molar-refractivity contribution in [1.82, 2.24) is 14.9 Å². The van der Waals surface area contributed by atoms with Crippen molar-refractivity contribution in [2.24, 2.45) is 5.92 Å². The van der Waals surface area contributed by atoms with Crippen LogP contribution in [-0.2, 0) is 9.59 Å². The zero-order valence-corrected chi connectivity index (χ0v) is 16.1. The SMILES string of the molecule is O=C(C[C@@H](CN1CCCN(c2ncccn2)CC1)C(=O)O)Nc1cccc(O)c1. The van der Waals surface area contributed by atoms with Gasteiger partial charge in [-0.1, -0.05) is 6.07 Å². The molecular formula is C20H25N5O4. The van der Waals surface area contributed by atoms with Gasteiger partial charge in [0.25, 0.3) is 0 Å². The molecule has 3 N–H and O–H groups in total. The van der Waals surface area contributed by atoms with Gasteiger partial charge in [0.2, 0.25) is 11.9 Å². The molecular weight excluding hydrogens is 374 g/mol. The predicted octanol–water partition coefficient (Wildman–Crippen LogP) is 1.42. The Morgan fingerprint density at radius 3 is 2.62 bits per heavy atom. The van der Waals surface area contributed by atoms with Crippen molar-refractivity contribution in [3.8, 4) is 5.75 Å². The van der Waals surface area contributed by atoms with Crippen molar-refractivity contribution in [2.45, 2.75) is 12.8 Å². The third-order valence-electron chi connectivity index (χ3n) is 4.81. The molecule has 1 saturated heterocycles. The summed E-state index contributed by atoms with van der Waals surface area (Å²) in [7, 11) is 0. The molecule has 9 heteroatoms. The summed E-state index contributed by atoms with van der Waals surface area (Å²) in [5.74, 6) is -1.49. The van der Waals surface area contributed by atoms with Crippen LogP contribution in [0.25, 0.3) is 0 Å². The van der Waals surface area contributed by atoms with Gasteiger partial charge >= 0.3 is 5.97 Å². The van der Waals surface area contributed by atoms with Crippen molar-refractivity contribution in [1.29, 1.82) is 0 Å². The van der Waals surface area contributed by atoms with E-state index >= 15 is 0 Å². The Kier molecular flexibility index (Phi) is 6.96. The molecule has 0 saturated carbocycles. The van der Waals surface area contributed by atoms with E-state index in [1.807, 2.05) is 0 Å².